The number of fused-ring (bicyclic) bond motifs is 1. The second-order valence-electron chi connectivity index (χ2n) is 5.50. The van der Waals surface area contributed by atoms with Gasteiger partial charge in [-0.2, -0.15) is 0 Å². The van der Waals surface area contributed by atoms with Gasteiger partial charge in [-0.1, -0.05) is 23.7 Å². The number of aliphatic carboxylic acids is 1. The van der Waals surface area contributed by atoms with Crippen LogP contribution in [0.1, 0.15) is 11.3 Å². The summed E-state index contributed by atoms with van der Waals surface area (Å²) in [6.45, 7) is 1.49. The molecule has 8 heteroatoms. The molecule has 0 atom stereocenters. The normalized spacial score (nSPS) is 11.8. The fourth-order valence-corrected chi connectivity index (χ4v) is 4.94. The molecule has 130 valence electrons. The number of hydrogen-bond acceptors (Lipinski definition) is 3. The van der Waals surface area contributed by atoms with Crippen LogP contribution in [0.15, 0.2) is 47.4 Å². The van der Waals surface area contributed by atoms with Crippen molar-refractivity contribution < 1.29 is 22.7 Å². The summed E-state index contributed by atoms with van der Waals surface area (Å²) in [5.74, 6) is -1.71. The summed E-state index contributed by atoms with van der Waals surface area (Å²) in [5.41, 5.74) is 0.663. The largest absolute Gasteiger partial charge is 0.481 e. The van der Waals surface area contributed by atoms with Crippen molar-refractivity contribution in [1.29, 1.82) is 0 Å². The van der Waals surface area contributed by atoms with Crippen LogP contribution in [-0.4, -0.2) is 23.5 Å². The number of aromatic nitrogens is 1. The minimum atomic E-state index is -4.09. The van der Waals surface area contributed by atoms with E-state index >= 15 is 0 Å². The predicted molar refractivity (Wildman–Crippen MR) is 92.0 cm³/mol. The third-order valence-electron chi connectivity index (χ3n) is 3.93. The van der Waals surface area contributed by atoms with Gasteiger partial charge in [0.1, 0.15) is 10.7 Å². The van der Waals surface area contributed by atoms with Gasteiger partial charge in [0.25, 0.3) is 10.0 Å². The van der Waals surface area contributed by atoms with Crippen molar-refractivity contribution in [3.05, 3.63) is 64.6 Å². The number of rotatable bonds is 4. The molecule has 0 saturated heterocycles. The Hall–Kier alpha value is -2.38. The van der Waals surface area contributed by atoms with Crippen molar-refractivity contribution in [1.82, 2.24) is 3.97 Å². The van der Waals surface area contributed by atoms with Crippen molar-refractivity contribution in [3.63, 3.8) is 0 Å². The molecule has 0 aliphatic carbocycles. The zero-order chi connectivity index (χ0) is 18.4. The summed E-state index contributed by atoms with van der Waals surface area (Å²) in [6.07, 6.45) is -0.420. The zero-order valence-corrected chi connectivity index (χ0v) is 14.6. The predicted octanol–water partition coefficient (Wildman–Crippen LogP) is 3.61. The molecule has 0 aliphatic rings. The fourth-order valence-electron chi connectivity index (χ4n) is 2.86. The van der Waals surface area contributed by atoms with Crippen LogP contribution in [-0.2, 0) is 21.2 Å². The maximum Gasteiger partial charge on any atom is 0.307 e. The van der Waals surface area contributed by atoms with E-state index in [2.05, 4.69) is 0 Å². The van der Waals surface area contributed by atoms with Crippen molar-refractivity contribution in [2.24, 2.45) is 0 Å². The third kappa shape index (κ3) is 2.89. The topological polar surface area (TPSA) is 76.4 Å². The Morgan fingerprint density at radius 2 is 1.92 bits per heavy atom. The molecule has 5 nitrogen and oxygen atoms in total. The number of halogens is 2. The quantitative estimate of drug-likeness (QED) is 0.749. The van der Waals surface area contributed by atoms with E-state index in [-0.39, 0.29) is 32.1 Å². The lowest BCUT2D eigenvalue weighted by atomic mass is 10.1. The van der Waals surface area contributed by atoms with Gasteiger partial charge in [-0.3, -0.25) is 4.79 Å². The molecule has 3 aromatic rings. The van der Waals surface area contributed by atoms with E-state index in [0.717, 1.165) is 16.1 Å². The minimum absolute atomic E-state index is 0.0469. The maximum absolute atomic E-state index is 13.7. The molecule has 0 fully saturated rings. The molecule has 0 saturated carbocycles. The van der Waals surface area contributed by atoms with E-state index in [9.17, 15) is 17.6 Å². The fraction of sp³-hybridized carbons (Fsp3) is 0.118. The lowest BCUT2D eigenvalue weighted by Crippen LogP contribution is -2.15. The van der Waals surface area contributed by atoms with E-state index in [1.807, 2.05) is 0 Å². The first kappa shape index (κ1) is 17.4. The van der Waals surface area contributed by atoms with Crippen LogP contribution >= 0.6 is 11.6 Å². The number of benzene rings is 2. The van der Waals surface area contributed by atoms with E-state index < -0.39 is 28.2 Å². The number of carboxylic acid groups (broad SMARTS) is 1. The molecule has 25 heavy (non-hydrogen) atoms. The van der Waals surface area contributed by atoms with Crippen molar-refractivity contribution >= 4 is 38.5 Å². The molecule has 3 rings (SSSR count). The van der Waals surface area contributed by atoms with Crippen LogP contribution in [0, 0.1) is 12.7 Å². The van der Waals surface area contributed by atoms with Crippen LogP contribution in [0.4, 0.5) is 4.39 Å². The number of nitrogens with zero attached hydrogens (tertiary/aromatic N) is 1. The molecule has 0 radical (unpaired) electrons. The summed E-state index contributed by atoms with van der Waals surface area (Å²) >= 11 is 6.03. The number of carboxylic acids is 1. The molecule has 1 aromatic heterocycles. The summed E-state index contributed by atoms with van der Waals surface area (Å²) in [6, 6.07) is 9.54. The monoisotopic (exact) mass is 381 g/mol. The second kappa shape index (κ2) is 6.16. The molecule has 1 heterocycles. The van der Waals surface area contributed by atoms with Gasteiger partial charge in [-0.15, -0.1) is 0 Å². The highest BCUT2D eigenvalue weighted by molar-refractivity contribution is 7.90. The molecule has 0 unspecified atom stereocenters. The Kier molecular flexibility index (Phi) is 4.30. The Morgan fingerprint density at radius 3 is 2.56 bits per heavy atom. The maximum atomic E-state index is 13.7. The molecule has 0 bridgehead atoms. The Morgan fingerprint density at radius 1 is 1.24 bits per heavy atom. The van der Waals surface area contributed by atoms with Crippen LogP contribution in [0.2, 0.25) is 5.02 Å². The van der Waals surface area contributed by atoms with E-state index in [1.165, 1.54) is 31.2 Å². The van der Waals surface area contributed by atoms with Crippen LogP contribution in [0.25, 0.3) is 10.9 Å². The van der Waals surface area contributed by atoms with Crippen LogP contribution in [0.3, 0.4) is 0 Å². The van der Waals surface area contributed by atoms with Gasteiger partial charge in [-0.25, -0.2) is 16.8 Å². The molecule has 1 N–H and O–H groups in total. The molecule has 0 aliphatic heterocycles. The summed E-state index contributed by atoms with van der Waals surface area (Å²) in [7, 11) is -4.09. The van der Waals surface area contributed by atoms with Crippen LogP contribution < -0.4 is 0 Å². The van der Waals surface area contributed by atoms with Crippen molar-refractivity contribution in [3.8, 4) is 0 Å². The van der Waals surface area contributed by atoms with Crippen LogP contribution in [0.5, 0.6) is 0 Å². The van der Waals surface area contributed by atoms with Crippen molar-refractivity contribution in [2.75, 3.05) is 0 Å². The van der Waals surface area contributed by atoms with Gasteiger partial charge in [0.05, 0.1) is 17.0 Å². The van der Waals surface area contributed by atoms with Gasteiger partial charge in [-0.05, 0) is 42.8 Å². The van der Waals surface area contributed by atoms with Gasteiger partial charge < -0.3 is 5.11 Å². The van der Waals surface area contributed by atoms with E-state index in [0.29, 0.717) is 0 Å². The standard InChI is InChI=1S/C17H13ClFNO4S/c1-10-12(9-17(21)22)13-8-11(19)6-7-15(13)20(10)25(23,24)16-5-3-2-4-14(16)18/h2-8H,9H2,1H3,(H,21,22). The lowest BCUT2D eigenvalue weighted by Gasteiger charge is -2.11. The van der Waals surface area contributed by atoms with E-state index in [1.54, 1.807) is 6.07 Å². The second-order valence-corrected chi connectivity index (χ2v) is 7.66. The Bertz CT molecular complexity index is 1110. The SMILES string of the molecule is Cc1c(CC(=O)O)c2cc(F)ccc2n1S(=O)(=O)c1ccccc1Cl. The highest BCUT2D eigenvalue weighted by Gasteiger charge is 2.27. The lowest BCUT2D eigenvalue weighted by molar-refractivity contribution is -0.136. The summed E-state index contributed by atoms with van der Waals surface area (Å²) in [5, 5.41) is 9.41. The first-order valence-corrected chi connectivity index (χ1v) is 9.06. The average Bonchev–Trinajstić information content (AvgIpc) is 2.79. The highest BCUT2D eigenvalue weighted by Crippen LogP contribution is 2.32. The molecular formula is C17H13ClFNO4S. The minimum Gasteiger partial charge on any atom is -0.481 e. The van der Waals surface area contributed by atoms with Gasteiger partial charge in [0.2, 0.25) is 0 Å². The highest BCUT2D eigenvalue weighted by atomic mass is 35.5. The third-order valence-corrected chi connectivity index (χ3v) is 6.23. The first-order chi connectivity index (χ1) is 11.7. The Labute approximate surface area is 148 Å². The molecular weight excluding hydrogens is 369 g/mol. The summed E-state index contributed by atoms with van der Waals surface area (Å²) in [4.78, 5) is 11.1. The molecule has 0 amide bonds. The van der Waals surface area contributed by atoms with E-state index in [4.69, 9.17) is 16.7 Å². The smallest absolute Gasteiger partial charge is 0.307 e. The van der Waals surface area contributed by atoms with Gasteiger partial charge >= 0.3 is 5.97 Å². The zero-order valence-electron chi connectivity index (χ0n) is 13.0. The first-order valence-electron chi connectivity index (χ1n) is 7.25. The summed E-state index contributed by atoms with van der Waals surface area (Å²) < 4.78 is 40.9. The van der Waals surface area contributed by atoms with Gasteiger partial charge in [0.15, 0.2) is 0 Å². The number of hydrogen-bond donors (Lipinski definition) is 1. The molecule has 0 spiro atoms. The Balaban J connectivity index is 2.39. The average molecular weight is 382 g/mol. The van der Waals surface area contributed by atoms with Gasteiger partial charge in [0, 0.05) is 11.1 Å². The van der Waals surface area contributed by atoms with Crippen molar-refractivity contribution in [2.45, 2.75) is 18.2 Å². The molecule has 2 aromatic carbocycles. The number of carbonyl (C=O) groups is 1.